The van der Waals surface area contributed by atoms with Crippen molar-refractivity contribution in [1.82, 2.24) is 9.88 Å². The molecule has 128 valence electrons. The van der Waals surface area contributed by atoms with E-state index in [2.05, 4.69) is 10.3 Å². The lowest BCUT2D eigenvalue weighted by atomic mass is 9.97. The number of anilines is 1. The highest BCUT2D eigenvalue weighted by molar-refractivity contribution is 7.08. The summed E-state index contributed by atoms with van der Waals surface area (Å²) < 4.78 is 6.09. The molecule has 2 atom stereocenters. The van der Waals surface area contributed by atoms with Gasteiger partial charge in [-0.1, -0.05) is 6.07 Å². The molecule has 2 aliphatic heterocycles. The molecule has 0 saturated carbocycles. The minimum atomic E-state index is -0.268. The number of nitriles is 1. The SMILES string of the molecule is N#Cc1cccc(N[C@H]2CO[C@@]3(CCN(C(=O)c4ccsc4)C3)C2)n1. The molecule has 0 unspecified atom stereocenters. The third kappa shape index (κ3) is 3.23. The van der Waals surface area contributed by atoms with Gasteiger partial charge in [0.2, 0.25) is 0 Å². The Bertz CT molecular complexity index is 817. The summed E-state index contributed by atoms with van der Waals surface area (Å²) in [5, 5.41) is 16.1. The zero-order chi connectivity index (χ0) is 17.3. The van der Waals surface area contributed by atoms with Gasteiger partial charge in [0.1, 0.15) is 17.6 Å². The molecule has 6 nitrogen and oxygen atoms in total. The van der Waals surface area contributed by atoms with Gasteiger partial charge in [-0.2, -0.15) is 16.6 Å². The second-order valence-electron chi connectivity index (χ2n) is 6.55. The van der Waals surface area contributed by atoms with Crippen molar-refractivity contribution in [2.24, 2.45) is 0 Å². The molecule has 2 aromatic rings. The smallest absolute Gasteiger partial charge is 0.254 e. The first-order valence-electron chi connectivity index (χ1n) is 8.27. The first-order chi connectivity index (χ1) is 12.2. The van der Waals surface area contributed by atoms with Gasteiger partial charge in [-0.3, -0.25) is 4.79 Å². The van der Waals surface area contributed by atoms with Gasteiger partial charge in [-0.25, -0.2) is 4.98 Å². The van der Waals surface area contributed by atoms with Crippen LogP contribution in [0.25, 0.3) is 0 Å². The molecule has 0 aromatic carbocycles. The average Bonchev–Trinajstić information content (AvgIpc) is 3.37. The van der Waals surface area contributed by atoms with Crippen LogP contribution in [0.15, 0.2) is 35.0 Å². The van der Waals surface area contributed by atoms with E-state index in [1.54, 1.807) is 6.07 Å². The maximum absolute atomic E-state index is 12.5. The van der Waals surface area contributed by atoms with Crippen molar-refractivity contribution in [1.29, 1.82) is 5.26 Å². The lowest BCUT2D eigenvalue weighted by Gasteiger charge is -2.23. The number of carbonyl (C=O) groups is 1. The fraction of sp³-hybridized carbons (Fsp3) is 0.389. The molecule has 7 heteroatoms. The zero-order valence-corrected chi connectivity index (χ0v) is 14.5. The highest BCUT2D eigenvalue weighted by atomic mass is 32.1. The van der Waals surface area contributed by atoms with Crippen LogP contribution in [0.3, 0.4) is 0 Å². The van der Waals surface area contributed by atoms with Gasteiger partial charge in [0.15, 0.2) is 0 Å². The van der Waals surface area contributed by atoms with Crippen molar-refractivity contribution in [3.05, 3.63) is 46.3 Å². The number of nitrogens with zero attached hydrogens (tertiary/aromatic N) is 3. The summed E-state index contributed by atoms with van der Waals surface area (Å²) in [5.74, 6) is 0.774. The van der Waals surface area contributed by atoms with Crippen molar-refractivity contribution in [2.45, 2.75) is 24.5 Å². The Balaban J connectivity index is 1.39. The minimum absolute atomic E-state index is 0.0847. The summed E-state index contributed by atoms with van der Waals surface area (Å²) in [6.07, 6.45) is 1.69. The predicted molar refractivity (Wildman–Crippen MR) is 94.5 cm³/mol. The number of aromatic nitrogens is 1. The fourth-order valence-electron chi connectivity index (χ4n) is 3.59. The molecule has 1 N–H and O–H groups in total. The zero-order valence-electron chi connectivity index (χ0n) is 13.6. The number of likely N-dealkylation sites (tertiary alicyclic amines) is 1. The maximum atomic E-state index is 12.5. The summed E-state index contributed by atoms with van der Waals surface area (Å²) in [6, 6.07) is 9.40. The first-order valence-corrected chi connectivity index (χ1v) is 9.21. The molecule has 0 radical (unpaired) electrons. The Kier molecular flexibility index (Phi) is 4.15. The van der Waals surface area contributed by atoms with Gasteiger partial charge in [0.25, 0.3) is 5.91 Å². The maximum Gasteiger partial charge on any atom is 0.254 e. The topological polar surface area (TPSA) is 78.2 Å². The Morgan fingerprint density at radius 2 is 2.40 bits per heavy atom. The fourth-order valence-corrected chi connectivity index (χ4v) is 4.22. The predicted octanol–water partition coefficient (Wildman–Crippen LogP) is 2.50. The molecule has 2 fully saturated rings. The number of hydrogen-bond donors (Lipinski definition) is 1. The van der Waals surface area contributed by atoms with Gasteiger partial charge in [0.05, 0.1) is 30.4 Å². The van der Waals surface area contributed by atoms with E-state index in [1.165, 1.54) is 11.3 Å². The average molecular weight is 354 g/mol. The quantitative estimate of drug-likeness (QED) is 0.916. The standard InChI is InChI=1S/C18H18N4O2S/c19-9-14-2-1-3-16(20-14)21-15-8-18(24-10-15)5-6-22(12-18)17(23)13-4-7-25-11-13/h1-4,7,11,15H,5-6,8,10,12H2,(H,20,21)/t15-,18+/m1/s1. The molecule has 2 aromatic heterocycles. The van der Waals surface area contributed by atoms with Crippen LogP contribution >= 0.6 is 11.3 Å². The number of carbonyl (C=O) groups excluding carboxylic acids is 1. The minimum Gasteiger partial charge on any atom is -0.371 e. The molecule has 0 bridgehead atoms. The van der Waals surface area contributed by atoms with E-state index in [0.717, 1.165) is 24.9 Å². The van der Waals surface area contributed by atoms with Crippen LogP contribution in [0.5, 0.6) is 0 Å². The number of nitrogens with one attached hydrogen (secondary N) is 1. The van der Waals surface area contributed by atoms with E-state index >= 15 is 0 Å². The van der Waals surface area contributed by atoms with Gasteiger partial charge in [-0.15, -0.1) is 0 Å². The van der Waals surface area contributed by atoms with E-state index in [0.29, 0.717) is 24.7 Å². The van der Waals surface area contributed by atoms with E-state index < -0.39 is 0 Å². The highest BCUT2D eigenvalue weighted by Gasteiger charge is 2.46. The monoisotopic (exact) mass is 354 g/mol. The van der Waals surface area contributed by atoms with Gasteiger partial charge in [0, 0.05) is 18.3 Å². The third-order valence-corrected chi connectivity index (χ3v) is 5.48. The molecule has 4 rings (SSSR count). The first kappa shape index (κ1) is 16.1. The summed E-state index contributed by atoms with van der Waals surface area (Å²) in [4.78, 5) is 18.7. The van der Waals surface area contributed by atoms with Crippen LogP contribution in [0.2, 0.25) is 0 Å². The van der Waals surface area contributed by atoms with Gasteiger partial charge < -0.3 is 15.0 Å². The molecule has 4 heterocycles. The summed E-state index contributed by atoms with van der Waals surface area (Å²) >= 11 is 1.54. The Hall–Kier alpha value is -2.43. The van der Waals surface area contributed by atoms with E-state index in [1.807, 2.05) is 39.9 Å². The number of thiophene rings is 1. The van der Waals surface area contributed by atoms with Gasteiger partial charge >= 0.3 is 0 Å². The molecule has 1 amide bonds. The van der Waals surface area contributed by atoms with Crippen LogP contribution in [0.4, 0.5) is 5.82 Å². The molecule has 25 heavy (non-hydrogen) atoms. The summed E-state index contributed by atoms with van der Waals surface area (Å²) in [5.41, 5.74) is 0.884. The number of ether oxygens (including phenoxy) is 1. The second-order valence-corrected chi connectivity index (χ2v) is 7.33. The largest absolute Gasteiger partial charge is 0.371 e. The lowest BCUT2D eigenvalue weighted by Crippen LogP contribution is -2.36. The van der Waals surface area contributed by atoms with E-state index in [-0.39, 0.29) is 17.6 Å². The Morgan fingerprint density at radius 3 is 3.20 bits per heavy atom. The van der Waals surface area contributed by atoms with Crippen LogP contribution in [-0.2, 0) is 4.74 Å². The molecule has 1 spiro atoms. The number of pyridine rings is 1. The number of rotatable bonds is 3. The van der Waals surface area contributed by atoms with E-state index in [9.17, 15) is 4.79 Å². The Morgan fingerprint density at radius 1 is 1.48 bits per heavy atom. The lowest BCUT2D eigenvalue weighted by molar-refractivity contribution is 0.0125. The third-order valence-electron chi connectivity index (χ3n) is 4.80. The molecule has 2 saturated heterocycles. The van der Waals surface area contributed by atoms with Crippen LogP contribution in [-0.4, -0.2) is 47.1 Å². The number of amides is 1. The van der Waals surface area contributed by atoms with Crippen molar-refractivity contribution >= 4 is 23.1 Å². The summed E-state index contributed by atoms with van der Waals surface area (Å²) in [7, 11) is 0. The van der Waals surface area contributed by atoms with Crippen molar-refractivity contribution in [2.75, 3.05) is 25.0 Å². The van der Waals surface area contributed by atoms with Crippen molar-refractivity contribution in [3.63, 3.8) is 0 Å². The van der Waals surface area contributed by atoms with Crippen LogP contribution < -0.4 is 5.32 Å². The molecule has 2 aliphatic rings. The number of hydrogen-bond acceptors (Lipinski definition) is 6. The van der Waals surface area contributed by atoms with Crippen LogP contribution in [0, 0.1) is 11.3 Å². The van der Waals surface area contributed by atoms with Crippen molar-refractivity contribution < 1.29 is 9.53 Å². The Labute approximate surface area is 150 Å². The molecular formula is C18H18N4O2S. The second kappa shape index (κ2) is 6.47. The molecule has 0 aliphatic carbocycles. The highest BCUT2D eigenvalue weighted by Crippen LogP contribution is 2.36. The normalized spacial score (nSPS) is 25.2. The van der Waals surface area contributed by atoms with Crippen molar-refractivity contribution in [3.8, 4) is 6.07 Å². The van der Waals surface area contributed by atoms with Gasteiger partial charge in [-0.05, 0) is 30.0 Å². The van der Waals surface area contributed by atoms with Crippen LogP contribution in [0.1, 0.15) is 28.9 Å². The molecular weight excluding hydrogens is 336 g/mol. The van der Waals surface area contributed by atoms with E-state index in [4.69, 9.17) is 10.00 Å². The summed E-state index contributed by atoms with van der Waals surface area (Å²) in [6.45, 7) is 1.94.